The summed E-state index contributed by atoms with van der Waals surface area (Å²) in [6, 6.07) is 12.1. The number of rotatable bonds is 7. The molecule has 1 saturated heterocycles. The molecular formula is C21H19N3O5S2. The van der Waals surface area contributed by atoms with Gasteiger partial charge in [0.2, 0.25) is 0 Å². The lowest BCUT2D eigenvalue weighted by molar-refractivity contribution is -0.384. The van der Waals surface area contributed by atoms with Crippen LogP contribution in [0, 0.1) is 10.1 Å². The molecule has 0 aliphatic carbocycles. The summed E-state index contributed by atoms with van der Waals surface area (Å²) in [7, 11) is -4.02. The highest BCUT2D eigenvalue weighted by Gasteiger charge is 2.34. The molecule has 31 heavy (non-hydrogen) atoms. The zero-order valence-electron chi connectivity index (χ0n) is 16.6. The smallest absolute Gasteiger partial charge is 0.282 e. The number of nitro benzene ring substituents is 1. The van der Waals surface area contributed by atoms with E-state index < -0.39 is 20.9 Å². The van der Waals surface area contributed by atoms with Crippen molar-refractivity contribution in [3.8, 4) is 0 Å². The molecule has 1 amide bonds. The summed E-state index contributed by atoms with van der Waals surface area (Å²) in [5, 5.41) is 10.8. The highest BCUT2D eigenvalue weighted by molar-refractivity contribution is 8.19. The Morgan fingerprint density at radius 2 is 1.81 bits per heavy atom. The minimum Gasteiger partial charge on any atom is -0.282 e. The third-order valence-corrected chi connectivity index (χ3v) is 6.83. The van der Waals surface area contributed by atoms with E-state index >= 15 is 0 Å². The molecule has 3 rings (SSSR count). The number of aryl methyl sites for hydroxylation is 1. The van der Waals surface area contributed by atoms with Crippen LogP contribution in [0.5, 0.6) is 0 Å². The molecule has 0 radical (unpaired) electrons. The second kappa shape index (κ2) is 9.27. The number of sulfonamides is 1. The van der Waals surface area contributed by atoms with E-state index in [9.17, 15) is 23.3 Å². The van der Waals surface area contributed by atoms with Crippen LogP contribution in [-0.4, -0.2) is 35.9 Å². The molecule has 0 atom stereocenters. The summed E-state index contributed by atoms with van der Waals surface area (Å²) in [5.74, 6) is -0.418. The Labute approximate surface area is 184 Å². The van der Waals surface area contributed by atoms with Crippen LogP contribution >= 0.6 is 11.8 Å². The Hall–Kier alpha value is -3.24. The zero-order valence-corrected chi connectivity index (χ0v) is 18.2. The summed E-state index contributed by atoms with van der Waals surface area (Å²) in [6.45, 7) is 5.67. The quantitative estimate of drug-likeness (QED) is 0.269. The largest absolute Gasteiger partial charge is 0.284 e. The maximum Gasteiger partial charge on any atom is 0.284 e. The molecule has 0 N–H and O–H groups in total. The summed E-state index contributed by atoms with van der Waals surface area (Å²) in [5.41, 5.74) is 1.50. The van der Waals surface area contributed by atoms with Crippen LogP contribution in [0.1, 0.15) is 18.1 Å². The average molecular weight is 458 g/mol. The van der Waals surface area contributed by atoms with E-state index in [0.717, 1.165) is 23.7 Å². The second-order valence-electron chi connectivity index (χ2n) is 6.51. The van der Waals surface area contributed by atoms with Crippen LogP contribution in [0.3, 0.4) is 0 Å². The standard InChI is InChI=1S/C21H19N3O5S2/c1-3-13-23-20(25)19(14-16-5-9-17(10-6-16)24(26)27)30-21(23)22-31(28,29)18-11-7-15(4-2)8-12-18/h3,5-12,14H,1,4,13H2,2H3. The third-order valence-electron chi connectivity index (χ3n) is 4.43. The summed E-state index contributed by atoms with van der Waals surface area (Å²) >= 11 is 0.928. The Morgan fingerprint density at radius 3 is 2.35 bits per heavy atom. The van der Waals surface area contributed by atoms with Crippen LogP contribution in [0.2, 0.25) is 0 Å². The van der Waals surface area contributed by atoms with Gasteiger partial charge in [0.15, 0.2) is 5.17 Å². The van der Waals surface area contributed by atoms with E-state index in [2.05, 4.69) is 11.0 Å². The van der Waals surface area contributed by atoms with Crippen molar-refractivity contribution in [1.29, 1.82) is 0 Å². The van der Waals surface area contributed by atoms with Crippen molar-refractivity contribution in [1.82, 2.24) is 4.90 Å². The SMILES string of the molecule is C=CCN1C(=O)C(=Cc2ccc([N+](=O)[O-])cc2)SC1=NS(=O)(=O)c1ccc(CC)cc1. The molecule has 0 bridgehead atoms. The maximum absolute atomic E-state index is 12.8. The molecule has 10 heteroatoms. The van der Waals surface area contributed by atoms with Crippen LogP contribution < -0.4 is 0 Å². The average Bonchev–Trinajstić information content (AvgIpc) is 3.02. The third kappa shape index (κ3) is 5.09. The van der Waals surface area contributed by atoms with Crippen LogP contribution in [0.25, 0.3) is 6.08 Å². The number of non-ortho nitro benzene ring substituents is 1. The molecule has 0 unspecified atom stereocenters. The van der Waals surface area contributed by atoms with Gasteiger partial charge in [0.05, 0.1) is 14.7 Å². The molecule has 1 aliphatic rings. The Balaban J connectivity index is 1.94. The van der Waals surface area contributed by atoms with E-state index in [1.807, 2.05) is 6.92 Å². The first kappa shape index (κ1) is 22.4. The van der Waals surface area contributed by atoms with E-state index in [1.54, 1.807) is 12.1 Å². The second-order valence-corrected chi connectivity index (χ2v) is 9.12. The number of nitro groups is 1. The molecule has 8 nitrogen and oxygen atoms in total. The highest BCUT2D eigenvalue weighted by atomic mass is 32.2. The number of amides is 1. The van der Waals surface area contributed by atoms with Crippen molar-refractivity contribution in [2.45, 2.75) is 18.2 Å². The van der Waals surface area contributed by atoms with Gasteiger partial charge in [-0.3, -0.25) is 19.8 Å². The highest BCUT2D eigenvalue weighted by Crippen LogP contribution is 2.34. The lowest BCUT2D eigenvalue weighted by Gasteiger charge is -2.12. The van der Waals surface area contributed by atoms with Crippen LogP contribution in [-0.2, 0) is 21.2 Å². The topological polar surface area (TPSA) is 110 Å². The molecule has 1 aliphatic heterocycles. The van der Waals surface area contributed by atoms with Crippen molar-refractivity contribution in [2.24, 2.45) is 4.40 Å². The lowest BCUT2D eigenvalue weighted by atomic mass is 10.2. The number of nitrogens with zero attached hydrogens (tertiary/aromatic N) is 3. The monoisotopic (exact) mass is 457 g/mol. The molecule has 160 valence electrons. The van der Waals surface area contributed by atoms with Gasteiger partial charge in [-0.05, 0) is 59.7 Å². The van der Waals surface area contributed by atoms with E-state index in [4.69, 9.17) is 0 Å². The number of carbonyl (C=O) groups is 1. The van der Waals surface area contributed by atoms with Crippen molar-refractivity contribution in [2.75, 3.05) is 6.54 Å². The van der Waals surface area contributed by atoms with Crippen molar-refractivity contribution < 1.29 is 18.1 Å². The van der Waals surface area contributed by atoms with E-state index in [0.29, 0.717) is 5.56 Å². The van der Waals surface area contributed by atoms with Gasteiger partial charge in [-0.15, -0.1) is 11.0 Å². The number of benzene rings is 2. The summed E-state index contributed by atoms with van der Waals surface area (Å²) in [6.07, 6.45) is 3.80. The minimum atomic E-state index is -4.02. The number of hydrogen-bond donors (Lipinski definition) is 0. The first-order chi connectivity index (χ1) is 14.7. The predicted octanol–water partition coefficient (Wildman–Crippen LogP) is 4.00. The minimum absolute atomic E-state index is 0.0256. The Kier molecular flexibility index (Phi) is 6.71. The van der Waals surface area contributed by atoms with Gasteiger partial charge in [0, 0.05) is 18.7 Å². The van der Waals surface area contributed by atoms with Crippen molar-refractivity contribution in [3.63, 3.8) is 0 Å². The summed E-state index contributed by atoms with van der Waals surface area (Å²) in [4.78, 5) is 24.6. The van der Waals surface area contributed by atoms with Crippen LogP contribution in [0.4, 0.5) is 5.69 Å². The number of thioether (sulfide) groups is 1. The van der Waals surface area contributed by atoms with Crippen molar-refractivity contribution >= 4 is 44.6 Å². The van der Waals surface area contributed by atoms with Gasteiger partial charge in [-0.1, -0.05) is 25.1 Å². The fourth-order valence-corrected chi connectivity index (χ4v) is 4.95. The van der Waals surface area contributed by atoms with Gasteiger partial charge >= 0.3 is 0 Å². The zero-order chi connectivity index (χ0) is 22.6. The molecule has 2 aromatic rings. The fraction of sp³-hybridized carbons (Fsp3) is 0.143. The van der Waals surface area contributed by atoms with Crippen LogP contribution in [0.15, 0.2) is 75.4 Å². The normalized spacial score (nSPS) is 16.8. The molecule has 0 spiro atoms. The molecule has 1 fully saturated rings. The molecule has 1 heterocycles. The molecule has 2 aromatic carbocycles. The van der Waals surface area contributed by atoms with E-state index in [-0.39, 0.29) is 27.2 Å². The van der Waals surface area contributed by atoms with Crippen molar-refractivity contribution in [3.05, 3.63) is 87.3 Å². The number of hydrogen-bond acceptors (Lipinski definition) is 6. The first-order valence-electron chi connectivity index (χ1n) is 9.26. The predicted molar refractivity (Wildman–Crippen MR) is 121 cm³/mol. The fourth-order valence-electron chi connectivity index (χ4n) is 2.76. The Bertz CT molecular complexity index is 1180. The maximum atomic E-state index is 12.8. The number of amidine groups is 1. The van der Waals surface area contributed by atoms with Gasteiger partial charge in [0.25, 0.3) is 21.6 Å². The molecular weight excluding hydrogens is 438 g/mol. The van der Waals surface area contributed by atoms with E-state index in [1.165, 1.54) is 53.5 Å². The molecule has 0 aromatic heterocycles. The summed E-state index contributed by atoms with van der Waals surface area (Å²) < 4.78 is 29.4. The van der Waals surface area contributed by atoms with Gasteiger partial charge in [-0.2, -0.15) is 8.42 Å². The first-order valence-corrected chi connectivity index (χ1v) is 11.5. The number of carbonyl (C=O) groups excluding carboxylic acids is 1. The lowest BCUT2D eigenvalue weighted by Crippen LogP contribution is -2.29. The Morgan fingerprint density at radius 1 is 1.16 bits per heavy atom. The van der Waals surface area contributed by atoms with Gasteiger partial charge < -0.3 is 0 Å². The molecule has 0 saturated carbocycles. The van der Waals surface area contributed by atoms with Gasteiger partial charge in [0.1, 0.15) is 0 Å². The van der Waals surface area contributed by atoms with Gasteiger partial charge in [-0.25, -0.2) is 0 Å².